The van der Waals surface area contributed by atoms with Gasteiger partial charge in [0.15, 0.2) is 6.29 Å². The molecule has 2 N–H and O–H groups in total. The molecule has 13 heavy (non-hydrogen) atoms. The molecule has 0 atom stereocenters. The number of rotatable bonds is 2. The highest BCUT2D eigenvalue weighted by Crippen LogP contribution is 2.20. The molecule has 0 saturated carbocycles. The van der Waals surface area contributed by atoms with Crippen LogP contribution in [0.1, 0.15) is 5.56 Å². The highest BCUT2D eigenvalue weighted by Gasteiger charge is 2.02. The Labute approximate surface area is 80.7 Å². The zero-order chi connectivity index (χ0) is 9.84. The third-order valence-electron chi connectivity index (χ3n) is 1.50. The molecule has 2 nitrogen and oxygen atoms in total. The second-order valence-electron chi connectivity index (χ2n) is 2.43. The normalized spacial score (nSPS) is 12.2. The number of carbonyl (C=O) groups is 1. The van der Waals surface area contributed by atoms with Gasteiger partial charge in [0.2, 0.25) is 0 Å². The van der Waals surface area contributed by atoms with Crippen LogP contribution in [0.2, 0.25) is 0 Å². The first kappa shape index (κ1) is 9.80. The van der Waals surface area contributed by atoms with E-state index in [-0.39, 0.29) is 16.4 Å². The van der Waals surface area contributed by atoms with Crippen LogP contribution in [0.15, 0.2) is 30.0 Å². The van der Waals surface area contributed by atoms with Gasteiger partial charge in [-0.05, 0) is 17.7 Å². The molecule has 0 aromatic heterocycles. The second-order valence-corrected chi connectivity index (χ2v) is 2.88. The van der Waals surface area contributed by atoms with Crippen molar-refractivity contribution in [2.75, 3.05) is 0 Å². The minimum Gasteiger partial charge on any atom is -0.395 e. The van der Waals surface area contributed by atoms with Crippen molar-refractivity contribution in [3.05, 3.63) is 41.3 Å². The van der Waals surface area contributed by atoms with E-state index in [1.54, 1.807) is 6.07 Å². The summed E-state index contributed by atoms with van der Waals surface area (Å²) in [6.45, 7) is 0. The van der Waals surface area contributed by atoms with Crippen LogP contribution in [0.4, 0.5) is 4.39 Å². The maximum atomic E-state index is 12.7. The lowest BCUT2D eigenvalue weighted by molar-refractivity contribution is -0.104. The summed E-state index contributed by atoms with van der Waals surface area (Å²) in [7, 11) is 0. The quantitative estimate of drug-likeness (QED) is 0.429. The summed E-state index contributed by atoms with van der Waals surface area (Å²) < 4.78 is 12.7. The van der Waals surface area contributed by atoms with Gasteiger partial charge in [-0.1, -0.05) is 12.1 Å². The summed E-state index contributed by atoms with van der Waals surface area (Å²) >= 11 is 4.00. The van der Waals surface area contributed by atoms with Gasteiger partial charge in [0, 0.05) is 4.91 Å². The number of nitrogens with two attached hydrogens (primary N) is 1. The van der Waals surface area contributed by atoms with Gasteiger partial charge in [-0.25, -0.2) is 4.39 Å². The fraction of sp³-hybridized carbons (Fsp3) is 0. The predicted molar refractivity (Wildman–Crippen MR) is 52.6 cm³/mol. The van der Waals surface area contributed by atoms with E-state index < -0.39 is 0 Å². The molecular weight excluding hydrogens is 189 g/mol. The summed E-state index contributed by atoms with van der Waals surface area (Å²) in [6.07, 6.45) is 0.479. The third kappa shape index (κ3) is 2.32. The number of allylic oxidation sites excluding steroid dienone is 1. The Morgan fingerprint density at radius 2 is 2.23 bits per heavy atom. The fourth-order valence-electron chi connectivity index (χ4n) is 0.858. The van der Waals surface area contributed by atoms with Crippen molar-refractivity contribution < 1.29 is 9.18 Å². The lowest BCUT2D eigenvalue weighted by atomic mass is 10.2. The van der Waals surface area contributed by atoms with Crippen LogP contribution in [0.3, 0.4) is 0 Å². The minimum absolute atomic E-state index is 0.00562. The van der Waals surface area contributed by atoms with Gasteiger partial charge in [0.25, 0.3) is 0 Å². The van der Waals surface area contributed by atoms with Crippen molar-refractivity contribution in [1.82, 2.24) is 0 Å². The van der Waals surface area contributed by atoms with E-state index in [0.717, 1.165) is 0 Å². The van der Waals surface area contributed by atoms with Crippen molar-refractivity contribution in [1.29, 1.82) is 0 Å². The molecule has 0 aliphatic rings. The van der Waals surface area contributed by atoms with E-state index >= 15 is 0 Å². The summed E-state index contributed by atoms with van der Waals surface area (Å²) in [5.74, 6) is -0.386. The zero-order valence-electron chi connectivity index (χ0n) is 6.70. The van der Waals surface area contributed by atoms with Crippen molar-refractivity contribution in [2.45, 2.75) is 0 Å². The van der Waals surface area contributed by atoms with Crippen molar-refractivity contribution in [3.8, 4) is 0 Å². The molecule has 1 rings (SSSR count). The summed E-state index contributed by atoms with van der Waals surface area (Å²) in [6, 6.07) is 5.72. The van der Waals surface area contributed by atoms with Crippen LogP contribution in [0.25, 0.3) is 4.91 Å². The highest BCUT2D eigenvalue weighted by atomic mass is 32.1. The van der Waals surface area contributed by atoms with Gasteiger partial charge in [0.1, 0.15) is 5.82 Å². The zero-order valence-corrected chi connectivity index (χ0v) is 7.59. The third-order valence-corrected chi connectivity index (χ3v) is 2.01. The average molecular weight is 197 g/mol. The monoisotopic (exact) mass is 197 g/mol. The fourth-order valence-corrected chi connectivity index (χ4v) is 1.05. The van der Waals surface area contributed by atoms with Gasteiger partial charge in [-0.3, -0.25) is 4.79 Å². The van der Waals surface area contributed by atoms with Crippen LogP contribution in [0, 0.1) is 5.82 Å². The number of hydrogen-bond donors (Lipinski definition) is 2. The summed E-state index contributed by atoms with van der Waals surface area (Å²) in [5, 5.41) is 0. The topological polar surface area (TPSA) is 43.1 Å². The Morgan fingerprint density at radius 1 is 1.54 bits per heavy atom. The predicted octanol–water partition coefficient (Wildman–Crippen LogP) is 1.58. The Kier molecular flexibility index (Phi) is 3.08. The van der Waals surface area contributed by atoms with E-state index in [1.165, 1.54) is 18.2 Å². The van der Waals surface area contributed by atoms with Gasteiger partial charge in [-0.15, -0.1) is 12.6 Å². The van der Waals surface area contributed by atoms with Gasteiger partial charge < -0.3 is 5.73 Å². The Bertz CT molecular complexity index is 362. The molecule has 0 unspecified atom stereocenters. The molecule has 0 saturated heterocycles. The van der Waals surface area contributed by atoms with Crippen molar-refractivity contribution >= 4 is 23.8 Å². The standard InChI is InChI=1S/C9H8FNOS/c10-7-3-1-2-6(4-7)9(13)8(11)5-12/h1-5,13H,11H2/b9-8-. The number of thiol groups is 1. The first-order chi connectivity index (χ1) is 6.15. The molecule has 0 spiro atoms. The number of aldehydes is 1. The van der Waals surface area contributed by atoms with Crippen LogP contribution in [-0.4, -0.2) is 6.29 Å². The maximum absolute atomic E-state index is 12.7. The van der Waals surface area contributed by atoms with Crippen LogP contribution < -0.4 is 5.73 Å². The van der Waals surface area contributed by atoms with Crippen LogP contribution >= 0.6 is 12.6 Å². The number of carbonyl (C=O) groups excluding carboxylic acids is 1. The molecule has 1 aromatic carbocycles. The van der Waals surface area contributed by atoms with Gasteiger partial charge in [-0.2, -0.15) is 0 Å². The highest BCUT2D eigenvalue weighted by molar-refractivity contribution is 7.90. The van der Waals surface area contributed by atoms with Crippen LogP contribution in [0.5, 0.6) is 0 Å². The number of benzene rings is 1. The largest absolute Gasteiger partial charge is 0.395 e. The lowest BCUT2D eigenvalue weighted by Gasteiger charge is -2.01. The molecule has 4 heteroatoms. The smallest absolute Gasteiger partial charge is 0.166 e. The lowest BCUT2D eigenvalue weighted by Crippen LogP contribution is -2.00. The van der Waals surface area contributed by atoms with E-state index in [2.05, 4.69) is 12.6 Å². The molecule has 0 aliphatic heterocycles. The van der Waals surface area contributed by atoms with Gasteiger partial charge >= 0.3 is 0 Å². The second kappa shape index (κ2) is 4.09. The average Bonchev–Trinajstić information content (AvgIpc) is 2.15. The summed E-state index contributed by atoms with van der Waals surface area (Å²) in [5.41, 5.74) is 5.80. The molecule has 0 radical (unpaired) electrons. The van der Waals surface area contributed by atoms with E-state index in [0.29, 0.717) is 11.8 Å². The molecule has 0 aliphatic carbocycles. The molecule has 0 fully saturated rings. The minimum atomic E-state index is -0.386. The first-order valence-electron chi connectivity index (χ1n) is 3.55. The van der Waals surface area contributed by atoms with Crippen molar-refractivity contribution in [3.63, 3.8) is 0 Å². The Hall–Kier alpha value is -1.29. The Morgan fingerprint density at radius 3 is 2.77 bits per heavy atom. The van der Waals surface area contributed by atoms with E-state index in [9.17, 15) is 9.18 Å². The molecule has 68 valence electrons. The molecule has 1 aromatic rings. The van der Waals surface area contributed by atoms with Crippen molar-refractivity contribution in [2.24, 2.45) is 5.73 Å². The number of halogens is 1. The molecule has 0 bridgehead atoms. The van der Waals surface area contributed by atoms with Crippen LogP contribution in [-0.2, 0) is 4.79 Å². The molecule has 0 heterocycles. The maximum Gasteiger partial charge on any atom is 0.166 e. The van der Waals surface area contributed by atoms with E-state index in [1.807, 2.05) is 0 Å². The first-order valence-corrected chi connectivity index (χ1v) is 3.99. The SMILES string of the molecule is N/C(C=O)=C(\S)c1cccc(F)c1. The van der Waals surface area contributed by atoms with Gasteiger partial charge in [0.05, 0.1) is 5.70 Å². The molecule has 0 amide bonds. The summed E-state index contributed by atoms with van der Waals surface area (Å²) in [4.78, 5) is 10.6. The molecular formula is C9H8FNOS. The Balaban J connectivity index is 3.16. The van der Waals surface area contributed by atoms with E-state index in [4.69, 9.17) is 5.73 Å². The number of hydrogen-bond acceptors (Lipinski definition) is 3.